The fourth-order valence-electron chi connectivity index (χ4n) is 4.42. The molecule has 2 aromatic rings. The Bertz CT molecular complexity index is 1210. The van der Waals surface area contributed by atoms with Crippen LogP contribution in [0.5, 0.6) is 11.5 Å². The number of hydrogen-bond acceptors (Lipinski definition) is 9. The standard InChI is InChI=1S/C21H24O4.C11H20O2.C7H10O3/c1-21(2,15-3-7-17(8-4-15)22-11-19-13-24-19)16-5-9-18(10-6-16)23-12-20-14-25-20;1-4-7-8-10(5-2)9-13-11(12)6-3;1-5(2)7(8)10-4-6-3-9-6/h3-10,19-20H,11-14H2,1-2H3;6,10H,3-5,7-9H2,1-2H3;6H,1,3-4H2,2H3. The van der Waals surface area contributed by atoms with Crippen molar-refractivity contribution in [3.8, 4) is 11.5 Å². The highest BCUT2D eigenvalue weighted by atomic mass is 16.6. The van der Waals surface area contributed by atoms with Crippen LogP contribution in [0.25, 0.3) is 0 Å². The molecule has 0 spiro atoms. The van der Waals surface area contributed by atoms with Gasteiger partial charge in [-0.1, -0.05) is 84.4 Å². The van der Waals surface area contributed by atoms with Gasteiger partial charge >= 0.3 is 11.9 Å². The van der Waals surface area contributed by atoms with E-state index in [4.69, 9.17) is 33.2 Å². The Morgan fingerprint density at radius 2 is 1.29 bits per heavy atom. The van der Waals surface area contributed by atoms with Crippen LogP contribution in [-0.4, -0.2) is 76.5 Å². The van der Waals surface area contributed by atoms with Gasteiger partial charge in [-0.25, -0.2) is 9.59 Å². The summed E-state index contributed by atoms with van der Waals surface area (Å²) in [5.41, 5.74) is 2.85. The average molecular weight is 667 g/mol. The molecule has 0 radical (unpaired) electrons. The summed E-state index contributed by atoms with van der Waals surface area (Å²) in [5, 5.41) is 0. The summed E-state index contributed by atoms with van der Waals surface area (Å²) < 4.78 is 36.4. The van der Waals surface area contributed by atoms with Crippen LogP contribution in [0.2, 0.25) is 0 Å². The Morgan fingerprint density at radius 3 is 1.67 bits per heavy atom. The normalized spacial score (nSPS) is 19.1. The van der Waals surface area contributed by atoms with Crippen LogP contribution < -0.4 is 9.47 Å². The Kier molecular flexibility index (Phi) is 16.2. The van der Waals surface area contributed by atoms with Crippen molar-refractivity contribution in [3.63, 3.8) is 0 Å². The van der Waals surface area contributed by atoms with Crippen LogP contribution in [-0.2, 0) is 38.7 Å². The molecule has 0 amide bonds. The van der Waals surface area contributed by atoms with Crippen molar-refractivity contribution in [3.05, 3.63) is 84.5 Å². The molecule has 9 nitrogen and oxygen atoms in total. The summed E-state index contributed by atoms with van der Waals surface area (Å²) in [4.78, 5) is 21.5. The first-order valence-electron chi connectivity index (χ1n) is 17.0. The number of epoxide rings is 3. The second-order valence-corrected chi connectivity index (χ2v) is 12.8. The van der Waals surface area contributed by atoms with Gasteiger partial charge in [-0.2, -0.15) is 0 Å². The lowest BCUT2D eigenvalue weighted by atomic mass is 9.78. The molecule has 0 saturated carbocycles. The zero-order valence-corrected chi connectivity index (χ0v) is 29.4. The van der Waals surface area contributed by atoms with Crippen molar-refractivity contribution in [2.24, 2.45) is 5.92 Å². The molecule has 264 valence electrons. The first-order chi connectivity index (χ1) is 23.0. The van der Waals surface area contributed by atoms with Gasteiger partial charge < -0.3 is 33.2 Å². The molecular weight excluding hydrogens is 612 g/mol. The summed E-state index contributed by atoms with van der Waals surface area (Å²) in [6, 6.07) is 16.7. The van der Waals surface area contributed by atoms with E-state index in [1.54, 1.807) is 6.92 Å². The van der Waals surface area contributed by atoms with E-state index in [1.807, 2.05) is 24.3 Å². The molecule has 3 aliphatic heterocycles. The first-order valence-corrected chi connectivity index (χ1v) is 17.0. The van der Waals surface area contributed by atoms with Crippen LogP contribution in [0.1, 0.15) is 71.4 Å². The van der Waals surface area contributed by atoms with E-state index < -0.39 is 0 Å². The molecule has 3 fully saturated rings. The lowest BCUT2D eigenvalue weighted by Gasteiger charge is -2.26. The smallest absolute Gasteiger partial charge is 0.333 e. The predicted molar refractivity (Wildman–Crippen MR) is 185 cm³/mol. The highest BCUT2D eigenvalue weighted by molar-refractivity contribution is 5.86. The zero-order valence-electron chi connectivity index (χ0n) is 29.4. The molecule has 4 unspecified atom stereocenters. The van der Waals surface area contributed by atoms with Gasteiger partial charge in [0, 0.05) is 17.1 Å². The van der Waals surface area contributed by atoms with Crippen molar-refractivity contribution in [1.82, 2.24) is 0 Å². The van der Waals surface area contributed by atoms with E-state index in [2.05, 4.69) is 65.1 Å². The molecule has 0 N–H and O–H groups in total. The van der Waals surface area contributed by atoms with Gasteiger partial charge in [-0.15, -0.1) is 0 Å². The number of hydrogen-bond donors (Lipinski definition) is 0. The average Bonchev–Trinajstić information content (AvgIpc) is 3.94. The van der Waals surface area contributed by atoms with E-state index in [1.165, 1.54) is 30.0 Å². The Hall–Kier alpha value is -3.66. The van der Waals surface area contributed by atoms with Gasteiger partial charge in [0.05, 0.1) is 26.4 Å². The van der Waals surface area contributed by atoms with Gasteiger partial charge in [-0.3, -0.25) is 0 Å². The van der Waals surface area contributed by atoms with E-state index in [0.717, 1.165) is 37.6 Å². The summed E-state index contributed by atoms with van der Waals surface area (Å²) >= 11 is 0. The molecule has 0 aromatic heterocycles. The molecule has 0 bridgehead atoms. The van der Waals surface area contributed by atoms with E-state index in [0.29, 0.717) is 44.5 Å². The summed E-state index contributed by atoms with van der Waals surface area (Å²) in [5.74, 6) is 1.65. The maximum atomic E-state index is 10.8. The maximum absolute atomic E-state index is 10.8. The number of benzene rings is 2. The number of rotatable bonds is 18. The molecular formula is C39H54O9. The SMILES string of the molecule is C=C(C)C(=O)OCC1CO1.C=CC(=O)OCC(CC)CCCC.CC(C)(c1ccc(OCC2CO2)cc1)c1ccc(OCC2CO2)cc1. The third-order valence-electron chi connectivity index (χ3n) is 8.15. The molecule has 0 aliphatic carbocycles. The number of carbonyl (C=O) groups excluding carboxylic acids is 2. The molecule has 3 aliphatic rings. The van der Waals surface area contributed by atoms with Gasteiger partial charge in [0.2, 0.25) is 0 Å². The first kappa shape index (κ1) is 38.8. The second kappa shape index (κ2) is 20.0. The van der Waals surface area contributed by atoms with Crippen LogP contribution >= 0.6 is 0 Å². The molecule has 4 atom stereocenters. The molecule has 2 aromatic carbocycles. The summed E-state index contributed by atoms with van der Waals surface area (Å²) in [6.07, 6.45) is 6.56. The predicted octanol–water partition coefficient (Wildman–Crippen LogP) is 7.00. The monoisotopic (exact) mass is 666 g/mol. The quantitative estimate of drug-likeness (QED) is 0.0944. The minimum absolute atomic E-state index is 0.0870. The number of ether oxygens (including phenoxy) is 7. The number of unbranched alkanes of at least 4 members (excludes halogenated alkanes) is 1. The summed E-state index contributed by atoms with van der Waals surface area (Å²) in [6.45, 7) is 21.7. The van der Waals surface area contributed by atoms with Crippen molar-refractivity contribution in [2.75, 3.05) is 46.2 Å². The van der Waals surface area contributed by atoms with E-state index >= 15 is 0 Å². The van der Waals surface area contributed by atoms with Gasteiger partial charge in [0.25, 0.3) is 0 Å². The fourth-order valence-corrected chi connectivity index (χ4v) is 4.42. The minimum Gasteiger partial charge on any atom is -0.491 e. The van der Waals surface area contributed by atoms with Crippen molar-refractivity contribution in [1.29, 1.82) is 0 Å². The molecule has 48 heavy (non-hydrogen) atoms. The van der Waals surface area contributed by atoms with Gasteiger partial charge in [0.1, 0.15) is 49.6 Å². The van der Waals surface area contributed by atoms with Crippen LogP contribution in [0.3, 0.4) is 0 Å². The van der Waals surface area contributed by atoms with E-state index in [-0.39, 0.29) is 35.7 Å². The molecule has 3 saturated heterocycles. The minimum atomic E-state index is -0.337. The Labute approximate surface area is 286 Å². The summed E-state index contributed by atoms with van der Waals surface area (Å²) in [7, 11) is 0. The van der Waals surface area contributed by atoms with Crippen molar-refractivity contribution in [2.45, 2.75) is 84.0 Å². The molecule has 5 rings (SSSR count). The highest BCUT2D eigenvalue weighted by Crippen LogP contribution is 2.33. The van der Waals surface area contributed by atoms with Crippen LogP contribution in [0.15, 0.2) is 73.3 Å². The van der Waals surface area contributed by atoms with Crippen LogP contribution in [0, 0.1) is 5.92 Å². The largest absolute Gasteiger partial charge is 0.491 e. The third-order valence-corrected chi connectivity index (χ3v) is 8.15. The molecule has 3 heterocycles. The van der Waals surface area contributed by atoms with Crippen LogP contribution in [0.4, 0.5) is 0 Å². The lowest BCUT2D eigenvalue weighted by molar-refractivity contribution is -0.140. The topological polar surface area (TPSA) is 109 Å². The Morgan fingerprint density at radius 1 is 0.833 bits per heavy atom. The van der Waals surface area contributed by atoms with Gasteiger partial charge in [-0.05, 0) is 54.7 Å². The third kappa shape index (κ3) is 15.0. The Balaban J connectivity index is 0.000000228. The number of carbonyl (C=O) groups is 2. The van der Waals surface area contributed by atoms with Gasteiger partial charge in [0.15, 0.2) is 0 Å². The van der Waals surface area contributed by atoms with Crippen molar-refractivity contribution < 1.29 is 42.7 Å². The maximum Gasteiger partial charge on any atom is 0.333 e. The lowest BCUT2D eigenvalue weighted by Crippen LogP contribution is -2.18. The van der Waals surface area contributed by atoms with Crippen molar-refractivity contribution >= 4 is 11.9 Å². The number of esters is 2. The second-order valence-electron chi connectivity index (χ2n) is 12.8. The zero-order chi connectivity index (χ0) is 34.9. The van der Waals surface area contributed by atoms with E-state index in [9.17, 15) is 9.59 Å². The highest BCUT2D eigenvalue weighted by Gasteiger charge is 2.26. The fraction of sp³-hybridized carbons (Fsp3) is 0.538. The molecule has 9 heteroatoms.